The average Bonchev–Trinajstić information content (AvgIpc) is 2.37. The number of primary amides is 1. The van der Waals surface area contributed by atoms with E-state index in [0.29, 0.717) is 12.2 Å². The number of thioether (sulfide) groups is 1. The van der Waals surface area contributed by atoms with Gasteiger partial charge in [-0.2, -0.15) is 11.8 Å². The van der Waals surface area contributed by atoms with Gasteiger partial charge in [-0.25, -0.2) is 4.79 Å². The number of hydrogen-bond acceptors (Lipinski definition) is 5. The lowest BCUT2D eigenvalue weighted by atomic mass is 10.1. The van der Waals surface area contributed by atoms with Crippen molar-refractivity contribution >= 4 is 35.5 Å². The number of nitrogens with two attached hydrogens (primary N) is 1. The molecule has 2 unspecified atom stereocenters. The molecule has 1 heterocycles. The molecule has 0 spiro atoms. The second-order valence-corrected chi connectivity index (χ2v) is 5.38. The summed E-state index contributed by atoms with van der Waals surface area (Å²) < 4.78 is 0. The zero-order valence-corrected chi connectivity index (χ0v) is 12.2. The molecule has 1 aliphatic heterocycles. The highest BCUT2D eigenvalue weighted by molar-refractivity contribution is 7.98. The first-order valence-corrected chi connectivity index (χ1v) is 7.45. The summed E-state index contributed by atoms with van der Waals surface area (Å²) in [5.41, 5.74) is 5.05. The van der Waals surface area contributed by atoms with E-state index in [1.54, 1.807) is 0 Å². The second-order valence-electron chi connectivity index (χ2n) is 4.40. The van der Waals surface area contributed by atoms with Gasteiger partial charge in [-0.1, -0.05) is 0 Å². The van der Waals surface area contributed by atoms with Crippen molar-refractivity contribution in [2.45, 2.75) is 25.4 Å². The Labute approximate surface area is 120 Å². The molecule has 1 saturated heterocycles. The van der Waals surface area contributed by atoms with Crippen LogP contribution in [0.3, 0.4) is 0 Å². The molecule has 1 rings (SSSR count). The van der Waals surface area contributed by atoms with E-state index in [-0.39, 0.29) is 6.54 Å². The van der Waals surface area contributed by atoms with Crippen molar-refractivity contribution in [3.05, 3.63) is 0 Å². The van der Waals surface area contributed by atoms with Crippen LogP contribution in [0, 0.1) is 0 Å². The number of piperazine rings is 1. The Balaban J connectivity index is 2.83. The maximum atomic E-state index is 12.4. The van der Waals surface area contributed by atoms with Gasteiger partial charge < -0.3 is 16.0 Å². The van der Waals surface area contributed by atoms with Gasteiger partial charge >= 0.3 is 6.03 Å². The van der Waals surface area contributed by atoms with E-state index in [1.807, 2.05) is 6.26 Å². The molecule has 0 saturated carbocycles. The van der Waals surface area contributed by atoms with Crippen molar-refractivity contribution < 1.29 is 19.2 Å². The van der Waals surface area contributed by atoms with Crippen LogP contribution < -0.4 is 16.4 Å². The van der Waals surface area contributed by atoms with E-state index < -0.39 is 35.8 Å². The van der Waals surface area contributed by atoms with E-state index in [4.69, 9.17) is 5.73 Å². The number of amides is 5. The lowest BCUT2D eigenvalue weighted by Gasteiger charge is -2.34. The smallest absolute Gasteiger partial charge is 0.312 e. The van der Waals surface area contributed by atoms with E-state index in [2.05, 4.69) is 10.6 Å². The minimum atomic E-state index is -0.832. The number of imide groups is 1. The Morgan fingerprint density at radius 3 is 2.75 bits per heavy atom. The summed E-state index contributed by atoms with van der Waals surface area (Å²) in [7, 11) is 0. The van der Waals surface area contributed by atoms with Gasteiger partial charge in [-0.05, 0) is 25.4 Å². The van der Waals surface area contributed by atoms with Crippen molar-refractivity contribution in [1.82, 2.24) is 15.5 Å². The van der Waals surface area contributed by atoms with Crippen LogP contribution in [0.2, 0.25) is 0 Å². The zero-order chi connectivity index (χ0) is 15.3. The maximum Gasteiger partial charge on any atom is 0.312 e. The van der Waals surface area contributed by atoms with Crippen LogP contribution in [0.1, 0.15) is 13.3 Å². The number of nitrogens with zero attached hydrogens (tertiary/aromatic N) is 1. The summed E-state index contributed by atoms with van der Waals surface area (Å²) in [5, 5.41) is 4.50. The van der Waals surface area contributed by atoms with Gasteiger partial charge in [0.15, 0.2) is 0 Å². The van der Waals surface area contributed by atoms with E-state index in [0.717, 1.165) is 4.90 Å². The molecule has 0 aromatic heterocycles. The van der Waals surface area contributed by atoms with E-state index >= 15 is 0 Å². The average molecular weight is 302 g/mol. The SMILES string of the molecule is CSCCC(NC(N)=O)C(=O)N1CC(=O)NC(=O)C1C. The molecule has 20 heavy (non-hydrogen) atoms. The highest BCUT2D eigenvalue weighted by Crippen LogP contribution is 2.10. The fourth-order valence-corrected chi connectivity index (χ4v) is 2.32. The highest BCUT2D eigenvalue weighted by Gasteiger charge is 2.36. The van der Waals surface area contributed by atoms with E-state index in [9.17, 15) is 19.2 Å². The molecule has 0 aliphatic carbocycles. The monoisotopic (exact) mass is 302 g/mol. The molecule has 1 fully saturated rings. The molecule has 2 atom stereocenters. The van der Waals surface area contributed by atoms with Crippen LogP contribution in [0.4, 0.5) is 4.79 Å². The van der Waals surface area contributed by atoms with Gasteiger partial charge in [0.25, 0.3) is 0 Å². The minimum Gasteiger partial charge on any atom is -0.352 e. The third kappa shape index (κ3) is 4.12. The molecule has 0 aromatic carbocycles. The first-order chi connectivity index (χ1) is 9.36. The van der Waals surface area contributed by atoms with Crippen LogP contribution >= 0.6 is 11.8 Å². The standard InChI is InChI=1S/C11H18N4O4S/c1-6-9(17)14-8(16)5-15(6)10(18)7(3-4-20-2)13-11(12)19/h6-7H,3-5H2,1-2H3,(H3,12,13,19)(H,14,16,17). The van der Waals surface area contributed by atoms with Crippen molar-refractivity contribution in [2.75, 3.05) is 18.6 Å². The van der Waals surface area contributed by atoms with Crippen molar-refractivity contribution in [1.29, 1.82) is 0 Å². The maximum absolute atomic E-state index is 12.4. The fraction of sp³-hybridized carbons (Fsp3) is 0.636. The van der Waals surface area contributed by atoms with Gasteiger partial charge in [-0.3, -0.25) is 19.7 Å². The fourth-order valence-electron chi connectivity index (χ4n) is 1.85. The summed E-state index contributed by atoms with van der Waals surface area (Å²) in [5.74, 6) is -0.908. The highest BCUT2D eigenvalue weighted by atomic mass is 32.2. The normalized spacial score (nSPS) is 20.3. The van der Waals surface area contributed by atoms with Crippen LogP contribution in [-0.2, 0) is 14.4 Å². The summed E-state index contributed by atoms with van der Waals surface area (Å²) >= 11 is 1.51. The second kappa shape index (κ2) is 7.13. The Kier molecular flexibility index (Phi) is 5.81. The molecule has 8 nitrogen and oxygen atoms in total. The molecule has 9 heteroatoms. The molecular formula is C11H18N4O4S. The number of urea groups is 1. The number of hydrogen-bond donors (Lipinski definition) is 3. The molecule has 4 N–H and O–H groups in total. The van der Waals surface area contributed by atoms with E-state index in [1.165, 1.54) is 18.7 Å². The quantitative estimate of drug-likeness (QED) is 0.542. The lowest BCUT2D eigenvalue weighted by Crippen LogP contribution is -2.62. The van der Waals surface area contributed by atoms with Gasteiger partial charge in [0.1, 0.15) is 18.6 Å². The van der Waals surface area contributed by atoms with Gasteiger partial charge in [0.2, 0.25) is 17.7 Å². The molecule has 0 radical (unpaired) electrons. The third-order valence-corrected chi connectivity index (χ3v) is 3.58. The molecule has 5 amide bonds. The lowest BCUT2D eigenvalue weighted by molar-refractivity contribution is -0.150. The summed E-state index contributed by atoms with van der Waals surface area (Å²) in [6.45, 7) is 1.32. The largest absolute Gasteiger partial charge is 0.352 e. The number of carbonyl (C=O) groups is 4. The molecule has 1 aliphatic rings. The molecular weight excluding hydrogens is 284 g/mol. The third-order valence-electron chi connectivity index (χ3n) is 2.93. The first kappa shape index (κ1) is 16.3. The molecule has 0 bridgehead atoms. The topological polar surface area (TPSA) is 122 Å². The zero-order valence-electron chi connectivity index (χ0n) is 11.3. The van der Waals surface area contributed by atoms with Crippen LogP contribution in [-0.4, -0.2) is 59.3 Å². The predicted octanol–water partition coefficient (Wildman–Crippen LogP) is -1.35. The van der Waals surface area contributed by atoms with Gasteiger partial charge in [0, 0.05) is 0 Å². The number of nitrogens with one attached hydrogen (secondary N) is 2. The molecule has 112 valence electrons. The summed E-state index contributed by atoms with van der Waals surface area (Å²) in [4.78, 5) is 47.4. The minimum absolute atomic E-state index is 0.206. The number of rotatable bonds is 5. The summed E-state index contributed by atoms with van der Waals surface area (Å²) in [6, 6.07) is -2.40. The predicted molar refractivity (Wildman–Crippen MR) is 73.8 cm³/mol. The van der Waals surface area contributed by atoms with Gasteiger partial charge in [0.05, 0.1) is 0 Å². The van der Waals surface area contributed by atoms with Crippen LogP contribution in [0.25, 0.3) is 0 Å². The Hall–Kier alpha value is -1.77. The first-order valence-electron chi connectivity index (χ1n) is 6.06. The number of carbonyl (C=O) groups excluding carboxylic acids is 4. The van der Waals surface area contributed by atoms with Crippen LogP contribution in [0.5, 0.6) is 0 Å². The summed E-state index contributed by atoms with van der Waals surface area (Å²) in [6.07, 6.45) is 2.24. The Morgan fingerprint density at radius 2 is 2.20 bits per heavy atom. The van der Waals surface area contributed by atoms with Crippen LogP contribution in [0.15, 0.2) is 0 Å². The van der Waals surface area contributed by atoms with Crippen molar-refractivity contribution in [3.8, 4) is 0 Å². The van der Waals surface area contributed by atoms with Crippen molar-refractivity contribution in [2.24, 2.45) is 5.73 Å². The Bertz CT molecular complexity index is 429. The Morgan fingerprint density at radius 1 is 1.55 bits per heavy atom. The molecule has 0 aromatic rings. The van der Waals surface area contributed by atoms with Crippen molar-refractivity contribution in [3.63, 3.8) is 0 Å². The van der Waals surface area contributed by atoms with Gasteiger partial charge in [-0.15, -0.1) is 0 Å².